The molecule has 84 valence electrons. The van der Waals surface area contributed by atoms with E-state index in [9.17, 15) is 9.36 Å². The minimum atomic E-state index is -1.03. The van der Waals surface area contributed by atoms with Crippen LogP contribution in [-0.4, -0.2) is 29.6 Å². The van der Waals surface area contributed by atoms with Crippen LogP contribution in [0.15, 0.2) is 4.99 Å². The van der Waals surface area contributed by atoms with Crippen molar-refractivity contribution < 1.29 is 14.5 Å². The Labute approximate surface area is 88.0 Å². The summed E-state index contributed by atoms with van der Waals surface area (Å²) in [7, 11) is -0.374. The third kappa shape index (κ3) is 7.76. The van der Waals surface area contributed by atoms with Gasteiger partial charge in [0, 0.05) is 0 Å². The van der Waals surface area contributed by atoms with Gasteiger partial charge in [0.25, 0.3) is 0 Å². The van der Waals surface area contributed by atoms with Crippen LogP contribution in [0.3, 0.4) is 0 Å². The standard InChI is InChI=1S/C7H13N4O3P/c8-7(9)10-3-1-2-5(6(12)13)11-4-15-14/h5,11H,1-3H2,(H,12,13)(H4,8,9,10)/t5-/m0/s1. The first-order chi connectivity index (χ1) is 7.07. The Hall–Kier alpha value is -1.29. The molecule has 0 bridgehead atoms. The summed E-state index contributed by atoms with van der Waals surface area (Å²) in [5, 5.41) is 11.1. The van der Waals surface area contributed by atoms with Gasteiger partial charge in [0.15, 0.2) is 0 Å². The molecule has 0 aromatic heterocycles. The second-order valence-corrected chi connectivity index (χ2v) is 3.09. The van der Waals surface area contributed by atoms with Gasteiger partial charge in [-0.05, 0) is 0 Å². The van der Waals surface area contributed by atoms with Crippen molar-refractivity contribution in [3.63, 3.8) is 0 Å². The molecule has 0 aliphatic carbocycles. The van der Waals surface area contributed by atoms with Crippen LogP contribution in [0.25, 0.3) is 0 Å². The number of rotatable bonds is 6. The van der Waals surface area contributed by atoms with E-state index in [4.69, 9.17) is 16.6 Å². The van der Waals surface area contributed by atoms with E-state index in [0.29, 0.717) is 19.4 Å². The number of guanidine groups is 1. The van der Waals surface area contributed by atoms with E-state index in [2.05, 4.69) is 16.1 Å². The first-order valence-corrected chi connectivity index (χ1v) is 5.00. The zero-order chi connectivity index (χ0) is 11.7. The molecule has 0 aromatic carbocycles. The zero-order valence-corrected chi connectivity index (χ0v) is 8.91. The van der Waals surface area contributed by atoms with Crippen molar-refractivity contribution in [2.75, 3.05) is 6.54 Å². The fourth-order valence-electron chi connectivity index (χ4n) is 0.865. The summed E-state index contributed by atoms with van der Waals surface area (Å²) in [6.07, 6.45) is 0.841. The predicted octanol–water partition coefficient (Wildman–Crippen LogP) is -0.709. The van der Waals surface area contributed by atoms with Crippen LogP contribution in [-0.2, 0) is 9.36 Å². The van der Waals surface area contributed by atoms with E-state index in [0.717, 1.165) is 0 Å². The van der Waals surface area contributed by atoms with Crippen LogP contribution >= 0.6 is 7.92 Å². The molecule has 15 heavy (non-hydrogen) atoms. The van der Waals surface area contributed by atoms with Gasteiger partial charge in [0.05, 0.1) is 0 Å². The zero-order valence-electron chi connectivity index (χ0n) is 8.01. The number of hydrogen-bond donors (Lipinski definition) is 4. The molecule has 0 heterocycles. The second kappa shape index (κ2) is 8.05. The Balaban J connectivity index is 3.95. The van der Waals surface area contributed by atoms with E-state index in [-0.39, 0.29) is 13.9 Å². The van der Waals surface area contributed by atoms with E-state index in [1.807, 2.05) is 0 Å². The van der Waals surface area contributed by atoms with Crippen molar-refractivity contribution in [2.45, 2.75) is 18.9 Å². The molecule has 0 saturated carbocycles. The number of aliphatic carboxylic acids is 1. The number of hydrogen-bond acceptors (Lipinski definition) is 4. The van der Waals surface area contributed by atoms with E-state index < -0.39 is 12.0 Å². The summed E-state index contributed by atoms with van der Waals surface area (Å²) in [6, 6.07) is -0.819. The van der Waals surface area contributed by atoms with Gasteiger partial charge in [-0.1, -0.05) is 0 Å². The van der Waals surface area contributed by atoms with Crippen molar-refractivity contribution in [3.8, 4) is 5.75 Å². The number of nitrogens with one attached hydrogen (secondary N) is 1. The molecular weight excluding hydrogens is 219 g/mol. The van der Waals surface area contributed by atoms with Gasteiger partial charge in [0.1, 0.15) is 0 Å². The molecule has 7 nitrogen and oxygen atoms in total. The van der Waals surface area contributed by atoms with Crippen LogP contribution in [0.1, 0.15) is 12.8 Å². The van der Waals surface area contributed by atoms with Gasteiger partial charge in [0.2, 0.25) is 0 Å². The van der Waals surface area contributed by atoms with Gasteiger partial charge in [-0.25, -0.2) is 0 Å². The van der Waals surface area contributed by atoms with Crippen LogP contribution in [0.5, 0.6) is 0 Å². The Kier molecular flexibility index (Phi) is 7.36. The average Bonchev–Trinajstić information content (AvgIpc) is 2.15. The van der Waals surface area contributed by atoms with Crippen molar-refractivity contribution in [3.05, 3.63) is 0 Å². The molecule has 6 N–H and O–H groups in total. The van der Waals surface area contributed by atoms with Gasteiger partial charge in [-0.15, -0.1) is 0 Å². The number of carboxylic acids is 1. The molecule has 0 unspecified atom stereocenters. The van der Waals surface area contributed by atoms with Gasteiger partial charge in [-0.3, -0.25) is 0 Å². The van der Waals surface area contributed by atoms with Crippen LogP contribution < -0.4 is 16.8 Å². The monoisotopic (exact) mass is 232 g/mol. The molecule has 0 aromatic rings. The Morgan fingerprint density at radius 3 is 2.73 bits per heavy atom. The molecule has 0 spiro atoms. The molecule has 0 aliphatic rings. The molecule has 0 saturated heterocycles. The predicted molar refractivity (Wildman–Crippen MR) is 56.0 cm³/mol. The van der Waals surface area contributed by atoms with Crippen molar-refractivity contribution in [1.82, 2.24) is 5.32 Å². The van der Waals surface area contributed by atoms with Crippen LogP contribution in [0.2, 0.25) is 0 Å². The molecule has 8 heteroatoms. The number of nitrogens with two attached hydrogens (primary N) is 2. The van der Waals surface area contributed by atoms with E-state index in [1.165, 1.54) is 0 Å². The van der Waals surface area contributed by atoms with Gasteiger partial charge >= 0.3 is 87.3 Å². The Morgan fingerprint density at radius 1 is 1.60 bits per heavy atom. The number of aliphatic imine (C=N–C) groups is 1. The first kappa shape index (κ1) is 13.7. The molecular formula is C7H13N4O3P. The van der Waals surface area contributed by atoms with Gasteiger partial charge < -0.3 is 0 Å². The number of nitrogens with zero attached hydrogens (tertiary/aromatic N) is 1. The SMILES string of the molecule is NC(N)=NCCC[C@H](NC#P=O)C(=O)O. The summed E-state index contributed by atoms with van der Waals surface area (Å²) in [5.74, 6) is 1.13. The molecule has 0 fully saturated rings. The number of carboxylic acid groups (broad SMARTS) is 1. The summed E-state index contributed by atoms with van der Waals surface area (Å²) < 4.78 is 10.0. The van der Waals surface area contributed by atoms with Crippen molar-refractivity contribution in [1.29, 1.82) is 0 Å². The fourth-order valence-corrected chi connectivity index (χ4v) is 1.07. The van der Waals surface area contributed by atoms with Crippen LogP contribution in [0.4, 0.5) is 0 Å². The maximum atomic E-state index is 10.6. The summed E-state index contributed by atoms with van der Waals surface area (Å²) in [6.45, 7) is 0.364. The topological polar surface area (TPSA) is 131 Å². The second-order valence-electron chi connectivity index (χ2n) is 2.69. The Bertz CT molecular complexity index is 333. The molecule has 0 radical (unpaired) electrons. The number of carbonyl (C=O) groups is 1. The molecule has 0 aliphatic heterocycles. The molecule has 0 amide bonds. The molecule has 0 rings (SSSR count). The molecule has 1 atom stereocenters. The van der Waals surface area contributed by atoms with Crippen LogP contribution in [0, 0.1) is 5.75 Å². The normalized spacial score (nSPS) is 11.2. The van der Waals surface area contributed by atoms with Crippen molar-refractivity contribution in [2.24, 2.45) is 16.5 Å². The fraction of sp³-hybridized carbons (Fsp3) is 0.571. The Morgan fingerprint density at radius 2 is 2.27 bits per heavy atom. The quantitative estimate of drug-likeness (QED) is 0.157. The first-order valence-electron chi connectivity index (χ1n) is 4.19. The van der Waals surface area contributed by atoms with Gasteiger partial charge in [-0.2, -0.15) is 0 Å². The average molecular weight is 232 g/mol. The third-order valence-corrected chi connectivity index (χ3v) is 1.75. The summed E-state index contributed by atoms with van der Waals surface area (Å²) in [5.41, 5.74) is 10.2. The summed E-state index contributed by atoms with van der Waals surface area (Å²) in [4.78, 5) is 14.3. The van der Waals surface area contributed by atoms with E-state index in [1.54, 1.807) is 0 Å². The van der Waals surface area contributed by atoms with E-state index >= 15 is 0 Å². The maximum absolute atomic E-state index is 10.6. The third-order valence-electron chi connectivity index (χ3n) is 1.53. The minimum absolute atomic E-state index is 0.0222. The van der Waals surface area contributed by atoms with Crippen molar-refractivity contribution >= 4 is 19.8 Å². The summed E-state index contributed by atoms with van der Waals surface area (Å²) >= 11 is 0.